The number of aliphatic hydroxyl groups excluding tert-OH is 1. The second-order valence-electron chi connectivity index (χ2n) is 4.95. The van der Waals surface area contributed by atoms with Crippen molar-refractivity contribution in [2.75, 3.05) is 0 Å². The molecule has 0 aliphatic rings. The summed E-state index contributed by atoms with van der Waals surface area (Å²) in [4.78, 5) is 0. The highest BCUT2D eigenvalue weighted by Crippen LogP contribution is 2.28. The monoisotopic (exact) mass is 252 g/mol. The van der Waals surface area contributed by atoms with Crippen LogP contribution in [0.3, 0.4) is 0 Å². The largest absolute Gasteiger partial charge is 0.384 e. The van der Waals surface area contributed by atoms with Gasteiger partial charge in [0, 0.05) is 0 Å². The van der Waals surface area contributed by atoms with Crippen LogP contribution in [-0.2, 0) is 6.42 Å². The quantitative estimate of drug-likeness (QED) is 0.812. The van der Waals surface area contributed by atoms with Crippen LogP contribution in [0.15, 0.2) is 55.1 Å². The minimum absolute atomic E-state index is 0.572. The van der Waals surface area contributed by atoms with Crippen molar-refractivity contribution in [3.8, 4) is 0 Å². The zero-order valence-corrected chi connectivity index (χ0v) is 11.6. The van der Waals surface area contributed by atoms with E-state index < -0.39 is 6.10 Å². The fourth-order valence-corrected chi connectivity index (χ4v) is 2.44. The van der Waals surface area contributed by atoms with E-state index in [-0.39, 0.29) is 0 Å². The Morgan fingerprint density at radius 2 is 1.84 bits per heavy atom. The molecule has 2 rings (SSSR count). The van der Waals surface area contributed by atoms with E-state index in [0.29, 0.717) is 0 Å². The van der Waals surface area contributed by atoms with E-state index in [1.54, 1.807) is 0 Å². The molecule has 0 fully saturated rings. The van der Waals surface area contributed by atoms with Gasteiger partial charge < -0.3 is 5.11 Å². The second-order valence-corrected chi connectivity index (χ2v) is 4.95. The first-order valence-electron chi connectivity index (χ1n) is 6.57. The van der Waals surface area contributed by atoms with Crippen molar-refractivity contribution in [3.63, 3.8) is 0 Å². The predicted octanol–water partition coefficient (Wildman–Crippen LogP) is 4.11. The van der Waals surface area contributed by atoms with Crippen LogP contribution in [0.2, 0.25) is 0 Å². The van der Waals surface area contributed by atoms with Crippen LogP contribution in [0.4, 0.5) is 0 Å². The van der Waals surface area contributed by atoms with Gasteiger partial charge in [0.1, 0.15) is 6.10 Å². The SMILES string of the molecule is C=CCc1ccccc1C(O)c1ccc(C)cc1C. The van der Waals surface area contributed by atoms with Gasteiger partial charge in [-0.05, 0) is 42.5 Å². The summed E-state index contributed by atoms with van der Waals surface area (Å²) in [5.41, 5.74) is 5.41. The smallest absolute Gasteiger partial charge is 0.105 e. The number of benzene rings is 2. The third kappa shape index (κ3) is 2.94. The van der Waals surface area contributed by atoms with Gasteiger partial charge in [-0.15, -0.1) is 6.58 Å². The van der Waals surface area contributed by atoms with Crippen LogP contribution < -0.4 is 0 Å². The van der Waals surface area contributed by atoms with Crippen LogP contribution >= 0.6 is 0 Å². The van der Waals surface area contributed by atoms with Crippen molar-refractivity contribution < 1.29 is 5.11 Å². The molecule has 0 radical (unpaired) electrons. The van der Waals surface area contributed by atoms with Crippen molar-refractivity contribution in [2.45, 2.75) is 26.4 Å². The summed E-state index contributed by atoms with van der Waals surface area (Å²) >= 11 is 0. The summed E-state index contributed by atoms with van der Waals surface area (Å²) in [5.74, 6) is 0. The van der Waals surface area contributed by atoms with Crippen LogP contribution in [0.25, 0.3) is 0 Å². The maximum absolute atomic E-state index is 10.6. The van der Waals surface area contributed by atoms with Gasteiger partial charge in [-0.2, -0.15) is 0 Å². The molecule has 1 atom stereocenters. The average Bonchev–Trinajstić information content (AvgIpc) is 2.39. The zero-order valence-electron chi connectivity index (χ0n) is 11.6. The highest BCUT2D eigenvalue weighted by Gasteiger charge is 2.15. The molecule has 19 heavy (non-hydrogen) atoms. The molecule has 1 N–H and O–H groups in total. The maximum Gasteiger partial charge on any atom is 0.105 e. The Morgan fingerprint density at radius 3 is 2.53 bits per heavy atom. The molecule has 0 amide bonds. The molecule has 0 aliphatic carbocycles. The third-order valence-corrected chi connectivity index (χ3v) is 3.43. The van der Waals surface area contributed by atoms with Gasteiger partial charge in [-0.3, -0.25) is 0 Å². The highest BCUT2D eigenvalue weighted by molar-refractivity contribution is 5.41. The molecule has 0 aliphatic heterocycles. The molecule has 0 spiro atoms. The van der Waals surface area contributed by atoms with E-state index in [2.05, 4.69) is 19.6 Å². The van der Waals surface area contributed by atoms with Crippen LogP contribution in [0.5, 0.6) is 0 Å². The van der Waals surface area contributed by atoms with Gasteiger partial charge >= 0.3 is 0 Å². The van der Waals surface area contributed by atoms with Gasteiger partial charge in [-0.1, -0.05) is 54.1 Å². The third-order valence-electron chi connectivity index (χ3n) is 3.43. The molecule has 98 valence electrons. The number of allylic oxidation sites excluding steroid dienone is 1. The fraction of sp³-hybridized carbons (Fsp3) is 0.222. The molecule has 1 unspecified atom stereocenters. The maximum atomic E-state index is 10.6. The molecule has 0 saturated carbocycles. The van der Waals surface area contributed by atoms with E-state index in [0.717, 1.165) is 28.7 Å². The number of aliphatic hydroxyl groups is 1. The summed E-state index contributed by atoms with van der Waals surface area (Å²) in [7, 11) is 0. The van der Waals surface area contributed by atoms with Gasteiger partial charge in [0.2, 0.25) is 0 Å². The minimum Gasteiger partial charge on any atom is -0.384 e. The Labute approximate surface area is 115 Å². The number of hydrogen-bond donors (Lipinski definition) is 1. The van der Waals surface area contributed by atoms with Crippen molar-refractivity contribution >= 4 is 0 Å². The topological polar surface area (TPSA) is 20.2 Å². The number of hydrogen-bond acceptors (Lipinski definition) is 1. The summed E-state index contributed by atoms with van der Waals surface area (Å²) in [6.07, 6.45) is 2.07. The highest BCUT2D eigenvalue weighted by atomic mass is 16.3. The molecule has 1 nitrogen and oxygen atoms in total. The summed E-state index contributed by atoms with van der Waals surface area (Å²) in [6.45, 7) is 7.88. The first-order chi connectivity index (χ1) is 9.13. The van der Waals surface area contributed by atoms with Crippen LogP contribution in [0, 0.1) is 13.8 Å². The molecule has 0 saturated heterocycles. The Hall–Kier alpha value is -1.86. The van der Waals surface area contributed by atoms with Crippen molar-refractivity contribution in [3.05, 3.63) is 82.9 Å². The lowest BCUT2D eigenvalue weighted by molar-refractivity contribution is 0.218. The Morgan fingerprint density at radius 1 is 1.11 bits per heavy atom. The summed E-state index contributed by atoms with van der Waals surface area (Å²) in [5, 5.41) is 10.6. The van der Waals surface area contributed by atoms with Crippen LogP contribution in [0.1, 0.15) is 33.9 Å². The number of aryl methyl sites for hydroxylation is 2. The van der Waals surface area contributed by atoms with Crippen molar-refractivity contribution in [1.29, 1.82) is 0 Å². The van der Waals surface area contributed by atoms with Crippen LogP contribution in [-0.4, -0.2) is 5.11 Å². The zero-order chi connectivity index (χ0) is 13.8. The molecule has 0 heterocycles. The first-order valence-corrected chi connectivity index (χ1v) is 6.57. The predicted molar refractivity (Wildman–Crippen MR) is 80.3 cm³/mol. The van der Waals surface area contributed by atoms with Gasteiger partial charge in [0.15, 0.2) is 0 Å². The van der Waals surface area contributed by atoms with Gasteiger partial charge in [0.25, 0.3) is 0 Å². The summed E-state index contributed by atoms with van der Waals surface area (Å²) < 4.78 is 0. The molecule has 2 aromatic carbocycles. The standard InChI is InChI=1S/C18H20O/c1-4-7-15-8-5-6-9-17(15)18(19)16-11-10-13(2)12-14(16)3/h4-6,8-12,18-19H,1,7H2,2-3H3. The van der Waals surface area contributed by atoms with E-state index in [1.165, 1.54) is 5.56 Å². The Bertz CT molecular complexity index is 584. The van der Waals surface area contributed by atoms with Gasteiger partial charge in [-0.25, -0.2) is 0 Å². The molecular weight excluding hydrogens is 232 g/mol. The Balaban J connectivity index is 2.43. The first kappa shape index (κ1) is 13.6. The number of rotatable bonds is 4. The minimum atomic E-state index is -0.572. The van der Waals surface area contributed by atoms with Crippen molar-refractivity contribution in [1.82, 2.24) is 0 Å². The van der Waals surface area contributed by atoms with E-state index in [9.17, 15) is 5.11 Å². The molecule has 1 heteroatoms. The second kappa shape index (κ2) is 5.85. The average molecular weight is 252 g/mol. The fourth-order valence-electron chi connectivity index (χ4n) is 2.44. The lowest BCUT2D eigenvalue weighted by Gasteiger charge is -2.17. The van der Waals surface area contributed by atoms with E-state index in [1.807, 2.05) is 49.4 Å². The molecule has 2 aromatic rings. The lowest BCUT2D eigenvalue weighted by Crippen LogP contribution is -2.05. The van der Waals surface area contributed by atoms with E-state index in [4.69, 9.17) is 0 Å². The summed E-state index contributed by atoms with van der Waals surface area (Å²) in [6, 6.07) is 14.2. The molecular formula is C18H20O. The van der Waals surface area contributed by atoms with Gasteiger partial charge in [0.05, 0.1) is 0 Å². The molecule has 0 bridgehead atoms. The van der Waals surface area contributed by atoms with Crippen molar-refractivity contribution in [2.24, 2.45) is 0 Å². The lowest BCUT2D eigenvalue weighted by atomic mass is 9.92. The van der Waals surface area contributed by atoms with E-state index >= 15 is 0 Å². The molecule has 0 aromatic heterocycles. The normalized spacial score (nSPS) is 12.2. The Kier molecular flexibility index (Phi) is 4.18.